The van der Waals surface area contributed by atoms with E-state index in [2.05, 4.69) is 30.9 Å². The second-order valence-corrected chi connectivity index (χ2v) is 11.3. The van der Waals surface area contributed by atoms with Crippen LogP contribution >= 0.6 is 0 Å². The van der Waals surface area contributed by atoms with Gasteiger partial charge in [0, 0.05) is 19.3 Å². The summed E-state index contributed by atoms with van der Waals surface area (Å²) in [4.78, 5) is 30.1. The number of fused-ring (bicyclic) bond motifs is 1. The van der Waals surface area contributed by atoms with Crippen LogP contribution in [0.15, 0.2) is 24.7 Å². The van der Waals surface area contributed by atoms with E-state index < -0.39 is 86.0 Å². The van der Waals surface area contributed by atoms with Crippen LogP contribution in [0.3, 0.4) is 0 Å². The third kappa shape index (κ3) is 8.19. The maximum absolute atomic E-state index is 13.9. The number of amides is 2. The summed E-state index contributed by atoms with van der Waals surface area (Å²) in [6.45, 7) is -1.51. The summed E-state index contributed by atoms with van der Waals surface area (Å²) in [5.41, 5.74) is 0.622. The number of carbonyl (C=O) groups excluding carboxylic acids is 2. The Morgan fingerprint density at radius 1 is 0.932 bits per heavy atom. The molecule has 2 aliphatic carbocycles. The van der Waals surface area contributed by atoms with E-state index in [1.54, 1.807) is 6.07 Å². The molecule has 2 aliphatic rings. The highest BCUT2D eigenvalue weighted by Crippen LogP contribution is 2.43. The number of alkyl halides is 8. The zero-order valence-corrected chi connectivity index (χ0v) is 23.0. The summed E-state index contributed by atoms with van der Waals surface area (Å²) in [5, 5.41) is 16.7. The molecule has 0 aromatic carbocycles. The SMILES string of the molecule is O=C(CCC(F)(F)F)N[C@@H](c1cnn2cc([C@@H](NC(=O)c3cnn(CC(F)(F)F)n3)C3CCC(F)(F)CC3)nc2c1)C1CC1. The molecule has 2 N–H and O–H groups in total. The first kappa shape index (κ1) is 31.6. The molecule has 5 rings (SSSR count). The van der Waals surface area contributed by atoms with Gasteiger partial charge in [-0.2, -0.15) is 41.3 Å². The van der Waals surface area contributed by atoms with E-state index in [1.165, 1.54) is 16.9 Å². The number of rotatable bonds is 10. The molecule has 18 heteroatoms. The standard InChI is InChI=1S/C26H28F8N8O2/c27-24(28)6-3-15(4-7-24)22(39-23(44)17-11-36-42(40-17)13-26(32,33)34)18-12-41-19(37-18)9-16(10-35-41)21(14-1-2-14)38-20(43)5-8-25(29,30)31/h9-12,14-15,21-22H,1-8,13H2,(H,38,43)(H,39,44)/t21-,22+/m1/s1. The first-order chi connectivity index (χ1) is 20.6. The highest BCUT2D eigenvalue weighted by atomic mass is 19.4. The average Bonchev–Trinajstić information content (AvgIpc) is 3.51. The minimum atomic E-state index is -4.62. The smallest absolute Gasteiger partial charge is 0.349 e. The molecule has 240 valence electrons. The summed E-state index contributed by atoms with van der Waals surface area (Å²) in [5.74, 6) is -5.00. The second-order valence-electron chi connectivity index (χ2n) is 11.3. The molecule has 2 fully saturated rings. The predicted octanol–water partition coefficient (Wildman–Crippen LogP) is 5.09. The van der Waals surface area contributed by atoms with Gasteiger partial charge < -0.3 is 10.6 Å². The highest BCUT2D eigenvalue weighted by Gasteiger charge is 2.40. The van der Waals surface area contributed by atoms with Crippen molar-refractivity contribution >= 4 is 17.5 Å². The Labute approximate surface area is 244 Å². The Bertz CT molecular complexity index is 1490. The van der Waals surface area contributed by atoms with Crippen molar-refractivity contribution in [2.24, 2.45) is 11.8 Å². The zero-order chi connectivity index (χ0) is 31.9. The number of aromatic nitrogens is 6. The van der Waals surface area contributed by atoms with Crippen LogP contribution in [0.1, 0.15) is 85.2 Å². The fraction of sp³-hybridized carbons (Fsp3) is 0.615. The summed E-state index contributed by atoms with van der Waals surface area (Å²) in [7, 11) is 0. The molecule has 44 heavy (non-hydrogen) atoms. The number of nitrogens with one attached hydrogen (secondary N) is 2. The number of nitrogens with zero attached hydrogens (tertiary/aromatic N) is 6. The normalized spacial score (nSPS) is 19.1. The lowest BCUT2D eigenvalue weighted by Gasteiger charge is -2.33. The van der Waals surface area contributed by atoms with Crippen LogP contribution in [0, 0.1) is 11.8 Å². The van der Waals surface area contributed by atoms with Gasteiger partial charge in [-0.3, -0.25) is 9.59 Å². The average molecular weight is 637 g/mol. The Morgan fingerprint density at radius 3 is 2.25 bits per heavy atom. The molecular formula is C26H28F8N8O2. The van der Waals surface area contributed by atoms with E-state index in [9.17, 15) is 44.7 Å². The van der Waals surface area contributed by atoms with Crippen LogP contribution < -0.4 is 10.6 Å². The number of halogens is 8. The van der Waals surface area contributed by atoms with Crippen molar-refractivity contribution in [1.82, 2.24) is 40.2 Å². The van der Waals surface area contributed by atoms with Crippen LogP contribution in [0.2, 0.25) is 0 Å². The van der Waals surface area contributed by atoms with Gasteiger partial charge in [-0.1, -0.05) is 0 Å². The molecule has 3 aromatic heterocycles. The Balaban J connectivity index is 1.38. The summed E-state index contributed by atoms with van der Waals surface area (Å²) >= 11 is 0. The monoisotopic (exact) mass is 636 g/mol. The first-order valence-electron chi connectivity index (χ1n) is 13.9. The summed E-state index contributed by atoms with van der Waals surface area (Å²) in [6.07, 6.45) is -6.58. The molecule has 2 saturated carbocycles. The molecule has 2 atom stereocenters. The number of imidazole rings is 1. The van der Waals surface area contributed by atoms with Gasteiger partial charge in [0.1, 0.15) is 0 Å². The Morgan fingerprint density at radius 2 is 1.61 bits per heavy atom. The largest absolute Gasteiger partial charge is 0.409 e. The maximum atomic E-state index is 13.9. The van der Waals surface area contributed by atoms with Gasteiger partial charge >= 0.3 is 12.4 Å². The van der Waals surface area contributed by atoms with Crippen molar-refractivity contribution < 1.29 is 44.7 Å². The molecule has 0 spiro atoms. The van der Waals surface area contributed by atoms with Gasteiger partial charge in [-0.15, -0.1) is 5.10 Å². The first-order valence-corrected chi connectivity index (χ1v) is 13.9. The van der Waals surface area contributed by atoms with E-state index in [4.69, 9.17) is 0 Å². The van der Waals surface area contributed by atoms with Crippen molar-refractivity contribution in [3.05, 3.63) is 41.6 Å². The number of hydrogen-bond donors (Lipinski definition) is 2. The molecule has 2 amide bonds. The minimum absolute atomic E-state index is 0.00484. The highest BCUT2D eigenvalue weighted by molar-refractivity contribution is 5.92. The van der Waals surface area contributed by atoms with E-state index in [-0.39, 0.29) is 30.1 Å². The molecule has 3 aromatic rings. The van der Waals surface area contributed by atoms with Gasteiger partial charge in [0.05, 0.1) is 42.8 Å². The van der Waals surface area contributed by atoms with Gasteiger partial charge in [0.25, 0.3) is 5.91 Å². The van der Waals surface area contributed by atoms with Crippen LogP contribution in [0.25, 0.3) is 5.65 Å². The Hall–Kier alpha value is -3.86. The molecule has 0 aliphatic heterocycles. The third-order valence-corrected chi connectivity index (χ3v) is 7.69. The maximum Gasteiger partial charge on any atom is 0.409 e. The van der Waals surface area contributed by atoms with Crippen LogP contribution in [0.4, 0.5) is 35.1 Å². The topological polar surface area (TPSA) is 119 Å². The van der Waals surface area contributed by atoms with Gasteiger partial charge in [0.15, 0.2) is 17.9 Å². The van der Waals surface area contributed by atoms with Crippen molar-refractivity contribution in [3.63, 3.8) is 0 Å². The van der Waals surface area contributed by atoms with E-state index >= 15 is 0 Å². The minimum Gasteiger partial charge on any atom is -0.349 e. The molecular weight excluding hydrogens is 608 g/mol. The van der Waals surface area contributed by atoms with Crippen molar-refractivity contribution in [2.45, 2.75) is 88.3 Å². The molecule has 0 unspecified atom stereocenters. The van der Waals surface area contributed by atoms with E-state index in [1.807, 2.05) is 0 Å². The molecule has 3 heterocycles. The summed E-state index contributed by atoms with van der Waals surface area (Å²) < 4.78 is 105. The van der Waals surface area contributed by atoms with Crippen molar-refractivity contribution in [3.8, 4) is 0 Å². The Kier molecular flexibility index (Phi) is 8.54. The zero-order valence-electron chi connectivity index (χ0n) is 23.0. The quantitative estimate of drug-likeness (QED) is 0.300. The van der Waals surface area contributed by atoms with Gasteiger partial charge in [0.2, 0.25) is 11.8 Å². The number of carbonyl (C=O) groups is 2. The van der Waals surface area contributed by atoms with Crippen molar-refractivity contribution in [1.29, 1.82) is 0 Å². The fourth-order valence-corrected chi connectivity index (χ4v) is 5.32. The third-order valence-electron chi connectivity index (χ3n) is 7.69. The lowest BCUT2D eigenvalue weighted by molar-refractivity contribution is -0.145. The van der Waals surface area contributed by atoms with E-state index in [0.29, 0.717) is 10.4 Å². The predicted molar refractivity (Wildman–Crippen MR) is 135 cm³/mol. The van der Waals surface area contributed by atoms with Crippen LogP contribution in [-0.4, -0.2) is 59.7 Å². The molecule has 0 bridgehead atoms. The van der Waals surface area contributed by atoms with Crippen molar-refractivity contribution in [2.75, 3.05) is 0 Å². The van der Waals surface area contributed by atoms with E-state index in [0.717, 1.165) is 19.0 Å². The lowest BCUT2D eigenvalue weighted by Crippen LogP contribution is -2.37. The molecule has 0 radical (unpaired) electrons. The van der Waals surface area contributed by atoms with Gasteiger partial charge in [-0.05, 0) is 49.1 Å². The van der Waals surface area contributed by atoms with Crippen LogP contribution in [0.5, 0.6) is 0 Å². The number of hydrogen-bond acceptors (Lipinski definition) is 6. The fourth-order valence-electron chi connectivity index (χ4n) is 5.32. The lowest BCUT2D eigenvalue weighted by atomic mass is 9.81. The molecule has 0 saturated heterocycles. The van der Waals surface area contributed by atoms with Crippen LogP contribution in [-0.2, 0) is 11.3 Å². The molecule has 10 nitrogen and oxygen atoms in total. The van der Waals surface area contributed by atoms with Gasteiger partial charge in [-0.25, -0.2) is 18.3 Å². The second kappa shape index (κ2) is 11.9. The summed E-state index contributed by atoms with van der Waals surface area (Å²) in [6, 6.07) is 0.0711.